The number of aliphatic hydroxyl groups is 1. The van der Waals surface area contributed by atoms with Gasteiger partial charge >= 0.3 is 0 Å². The fraction of sp³-hybridized carbons (Fsp3) is 0.364. The summed E-state index contributed by atoms with van der Waals surface area (Å²) < 4.78 is 7.36. The number of benzene rings is 1. The van der Waals surface area contributed by atoms with E-state index in [9.17, 15) is 5.11 Å². The van der Waals surface area contributed by atoms with Crippen molar-refractivity contribution in [2.45, 2.75) is 45.3 Å². The van der Waals surface area contributed by atoms with Crippen LogP contribution in [0.1, 0.15) is 55.8 Å². The van der Waals surface area contributed by atoms with Gasteiger partial charge in [-0.15, -0.1) is 0 Å². The first-order chi connectivity index (χ1) is 13.2. The molecule has 2 aromatic heterocycles. The van der Waals surface area contributed by atoms with Crippen molar-refractivity contribution in [2.75, 3.05) is 0 Å². The fourth-order valence-corrected chi connectivity index (χ4v) is 3.08. The third-order valence-corrected chi connectivity index (χ3v) is 4.79. The van der Waals surface area contributed by atoms with Crippen LogP contribution >= 0.6 is 0 Å². The van der Waals surface area contributed by atoms with E-state index in [0.29, 0.717) is 12.4 Å². The van der Waals surface area contributed by atoms with E-state index < -0.39 is 6.10 Å². The Morgan fingerprint density at radius 3 is 2.85 bits per heavy atom. The minimum atomic E-state index is -0.621. The predicted octanol–water partition coefficient (Wildman–Crippen LogP) is 4.18. The van der Waals surface area contributed by atoms with Crippen LogP contribution in [0.25, 0.3) is 11.3 Å². The number of aliphatic hydroxyl groups excluding tert-OH is 1. The summed E-state index contributed by atoms with van der Waals surface area (Å²) in [7, 11) is 0. The van der Waals surface area contributed by atoms with Crippen LogP contribution in [0.3, 0.4) is 0 Å². The standard InChI is InChI=1S/C22H23N3O2/c1-16(26)22-23-12-13-25(22)15-20-14-21(27-24-20)19-10-8-18(9-11-19)5-3-2-4-17-6-7-17/h8-14,16-17,26H,2,4,6-7,15H2,1H3/t16-/m0/s1. The van der Waals surface area contributed by atoms with E-state index >= 15 is 0 Å². The van der Waals surface area contributed by atoms with Crippen molar-refractivity contribution in [3.8, 4) is 23.2 Å². The molecule has 0 spiro atoms. The molecule has 1 aliphatic rings. The summed E-state index contributed by atoms with van der Waals surface area (Å²) >= 11 is 0. The van der Waals surface area contributed by atoms with Crippen molar-refractivity contribution >= 4 is 0 Å². The largest absolute Gasteiger partial charge is 0.385 e. The number of rotatable bonds is 6. The van der Waals surface area contributed by atoms with Crippen LogP contribution in [0, 0.1) is 17.8 Å². The van der Waals surface area contributed by atoms with E-state index in [-0.39, 0.29) is 0 Å². The second-order valence-corrected chi connectivity index (χ2v) is 7.13. The maximum Gasteiger partial charge on any atom is 0.167 e. The summed E-state index contributed by atoms with van der Waals surface area (Å²) in [6.07, 6.45) is 7.87. The van der Waals surface area contributed by atoms with Crippen LogP contribution in [0.15, 0.2) is 47.2 Å². The Morgan fingerprint density at radius 1 is 1.30 bits per heavy atom. The summed E-state index contributed by atoms with van der Waals surface area (Å²) in [5, 5.41) is 13.9. The topological polar surface area (TPSA) is 64.1 Å². The zero-order chi connectivity index (χ0) is 18.6. The van der Waals surface area contributed by atoms with Gasteiger partial charge < -0.3 is 14.2 Å². The maximum absolute atomic E-state index is 9.75. The molecular weight excluding hydrogens is 338 g/mol. The Hall–Kier alpha value is -2.84. The second-order valence-electron chi connectivity index (χ2n) is 7.13. The summed E-state index contributed by atoms with van der Waals surface area (Å²) in [6.45, 7) is 2.21. The van der Waals surface area contributed by atoms with Gasteiger partial charge in [0.2, 0.25) is 0 Å². The highest BCUT2D eigenvalue weighted by atomic mass is 16.5. The molecule has 1 atom stereocenters. The van der Waals surface area contributed by atoms with Gasteiger partial charge in [0.15, 0.2) is 5.76 Å². The molecule has 0 radical (unpaired) electrons. The molecule has 0 saturated heterocycles. The lowest BCUT2D eigenvalue weighted by atomic mass is 10.1. The fourth-order valence-electron chi connectivity index (χ4n) is 3.08. The highest BCUT2D eigenvalue weighted by Gasteiger charge is 2.19. The number of imidazole rings is 1. The van der Waals surface area contributed by atoms with E-state index in [1.165, 1.54) is 19.3 Å². The molecule has 1 fully saturated rings. The van der Waals surface area contributed by atoms with Crippen LogP contribution in [0.4, 0.5) is 0 Å². The first-order valence-electron chi connectivity index (χ1n) is 9.43. The van der Waals surface area contributed by atoms with E-state index in [1.54, 1.807) is 13.1 Å². The van der Waals surface area contributed by atoms with E-state index in [1.807, 2.05) is 41.1 Å². The summed E-state index contributed by atoms with van der Waals surface area (Å²) in [6, 6.07) is 9.97. The van der Waals surface area contributed by atoms with Crippen molar-refractivity contribution in [3.63, 3.8) is 0 Å². The van der Waals surface area contributed by atoms with Gasteiger partial charge in [0.1, 0.15) is 17.6 Å². The van der Waals surface area contributed by atoms with Gasteiger partial charge in [0, 0.05) is 36.0 Å². The molecule has 3 aromatic rings. The van der Waals surface area contributed by atoms with Gasteiger partial charge in [0.25, 0.3) is 0 Å². The van der Waals surface area contributed by atoms with Gasteiger partial charge in [-0.25, -0.2) is 4.98 Å². The maximum atomic E-state index is 9.75. The molecule has 4 rings (SSSR count). The van der Waals surface area contributed by atoms with E-state index in [2.05, 4.69) is 22.0 Å². The molecule has 1 N–H and O–H groups in total. The molecule has 5 heteroatoms. The minimum absolute atomic E-state index is 0.508. The molecule has 1 aromatic carbocycles. The number of hydrogen-bond acceptors (Lipinski definition) is 4. The molecule has 2 heterocycles. The van der Waals surface area contributed by atoms with Crippen LogP contribution in [0.5, 0.6) is 0 Å². The quantitative estimate of drug-likeness (QED) is 0.669. The van der Waals surface area contributed by atoms with Crippen molar-refractivity contribution in [3.05, 3.63) is 59.8 Å². The normalized spacial score (nSPS) is 14.6. The summed E-state index contributed by atoms with van der Waals surface area (Å²) in [5.41, 5.74) is 2.78. The second kappa shape index (κ2) is 7.81. The lowest BCUT2D eigenvalue weighted by Crippen LogP contribution is -2.07. The van der Waals surface area contributed by atoms with Gasteiger partial charge in [-0.3, -0.25) is 0 Å². The number of nitrogens with zero attached hydrogens (tertiary/aromatic N) is 3. The number of aromatic nitrogens is 3. The third kappa shape index (κ3) is 4.47. The van der Waals surface area contributed by atoms with Gasteiger partial charge in [-0.1, -0.05) is 29.8 Å². The zero-order valence-corrected chi connectivity index (χ0v) is 15.4. The lowest BCUT2D eigenvalue weighted by molar-refractivity contribution is 0.184. The SMILES string of the molecule is C[C@H](O)c1nccn1Cc1cc(-c2ccc(C#CCCC3CC3)cc2)on1. The average Bonchev–Trinajstić information content (AvgIpc) is 3.17. The molecule has 138 valence electrons. The Kier molecular flexibility index (Phi) is 5.08. The Bertz CT molecular complexity index is 953. The van der Waals surface area contributed by atoms with Crippen molar-refractivity contribution in [1.29, 1.82) is 0 Å². The van der Waals surface area contributed by atoms with Crippen molar-refractivity contribution in [1.82, 2.24) is 14.7 Å². The zero-order valence-electron chi connectivity index (χ0n) is 15.4. The molecule has 1 aliphatic carbocycles. The first-order valence-corrected chi connectivity index (χ1v) is 9.43. The Balaban J connectivity index is 1.41. The Morgan fingerprint density at radius 2 is 2.11 bits per heavy atom. The van der Waals surface area contributed by atoms with Gasteiger partial charge in [-0.05, 0) is 43.5 Å². The smallest absolute Gasteiger partial charge is 0.167 e. The van der Waals surface area contributed by atoms with E-state index in [0.717, 1.165) is 34.9 Å². The molecule has 0 amide bonds. The predicted molar refractivity (Wildman–Crippen MR) is 103 cm³/mol. The highest BCUT2D eigenvalue weighted by molar-refractivity contribution is 5.59. The molecule has 0 unspecified atom stereocenters. The summed E-state index contributed by atoms with van der Waals surface area (Å²) in [5.74, 6) is 8.75. The van der Waals surface area contributed by atoms with Crippen LogP contribution in [-0.4, -0.2) is 19.8 Å². The molecule has 1 saturated carbocycles. The molecule has 27 heavy (non-hydrogen) atoms. The summed E-state index contributed by atoms with van der Waals surface area (Å²) in [4.78, 5) is 4.17. The monoisotopic (exact) mass is 361 g/mol. The van der Waals surface area contributed by atoms with Crippen molar-refractivity contribution < 1.29 is 9.63 Å². The Labute approximate surface area is 159 Å². The van der Waals surface area contributed by atoms with Gasteiger partial charge in [0.05, 0.1) is 6.54 Å². The average molecular weight is 361 g/mol. The molecule has 5 nitrogen and oxygen atoms in total. The lowest BCUT2D eigenvalue weighted by Gasteiger charge is -2.07. The molecule has 0 bridgehead atoms. The molecular formula is C22H23N3O2. The number of hydrogen-bond donors (Lipinski definition) is 1. The van der Waals surface area contributed by atoms with Crippen LogP contribution < -0.4 is 0 Å². The van der Waals surface area contributed by atoms with E-state index in [4.69, 9.17) is 4.52 Å². The molecule has 0 aliphatic heterocycles. The third-order valence-electron chi connectivity index (χ3n) is 4.79. The minimum Gasteiger partial charge on any atom is -0.385 e. The van der Waals surface area contributed by atoms with Crippen LogP contribution in [-0.2, 0) is 6.54 Å². The van der Waals surface area contributed by atoms with Crippen LogP contribution in [0.2, 0.25) is 0 Å². The van der Waals surface area contributed by atoms with Gasteiger partial charge in [-0.2, -0.15) is 0 Å². The van der Waals surface area contributed by atoms with Crippen molar-refractivity contribution in [2.24, 2.45) is 5.92 Å². The highest BCUT2D eigenvalue weighted by Crippen LogP contribution is 2.33. The first kappa shape index (κ1) is 17.6.